The number of nitrogens with one attached hydrogen (secondary N) is 1. The number of rotatable bonds is 7. The van der Waals surface area contributed by atoms with Crippen molar-refractivity contribution in [3.8, 4) is 11.5 Å². The van der Waals surface area contributed by atoms with E-state index in [-0.39, 0.29) is 5.91 Å². The Bertz CT molecular complexity index is 957. The van der Waals surface area contributed by atoms with E-state index >= 15 is 0 Å². The van der Waals surface area contributed by atoms with Crippen LogP contribution in [0.1, 0.15) is 21.5 Å². The lowest BCUT2D eigenvalue weighted by molar-refractivity contribution is 0.102. The van der Waals surface area contributed by atoms with Gasteiger partial charge < -0.3 is 14.8 Å². The third-order valence-corrected chi connectivity index (χ3v) is 4.80. The van der Waals surface area contributed by atoms with Gasteiger partial charge >= 0.3 is 0 Å². The van der Waals surface area contributed by atoms with Gasteiger partial charge in [-0.1, -0.05) is 35.9 Å². The summed E-state index contributed by atoms with van der Waals surface area (Å²) in [5, 5.41) is 2.95. The average molecular weight is 440 g/mol. The molecule has 5 heteroatoms. The van der Waals surface area contributed by atoms with Gasteiger partial charge in [0.2, 0.25) is 0 Å². The van der Waals surface area contributed by atoms with Gasteiger partial charge in [-0.25, -0.2) is 0 Å². The Morgan fingerprint density at radius 2 is 1.68 bits per heavy atom. The fourth-order valence-electron chi connectivity index (χ4n) is 2.74. The number of ether oxygens (including phenoxy) is 2. The third-order valence-electron chi connectivity index (χ3n) is 4.18. The molecule has 144 valence electrons. The van der Waals surface area contributed by atoms with Gasteiger partial charge in [0.15, 0.2) is 0 Å². The third kappa shape index (κ3) is 5.36. The Morgan fingerprint density at radius 1 is 0.929 bits per heavy atom. The van der Waals surface area contributed by atoms with Crippen LogP contribution >= 0.6 is 15.9 Å². The Kier molecular flexibility index (Phi) is 6.71. The smallest absolute Gasteiger partial charge is 0.255 e. The number of benzene rings is 3. The first kappa shape index (κ1) is 20.0. The number of hydrogen-bond acceptors (Lipinski definition) is 3. The summed E-state index contributed by atoms with van der Waals surface area (Å²) in [6.45, 7) is 4.85. The molecule has 0 unspecified atom stereocenters. The van der Waals surface area contributed by atoms with Crippen LogP contribution in [0.2, 0.25) is 0 Å². The van der Waals surface area contributed by atoms with Crippen molar-refractivity contribution in [1.82, 2.24) is 0 Å². The Balaban J connectivity index is 1.56. The summed E-state index contributed by atoms with van der Waals surface area (Å²) >= 11 is 3.48. The number of halogens is 1. The van der Waals surface area contributed by atoms with E-state index in [1.807, 2.05) is 62.4 Å². The van der Waals surface area contributed by atoms with E-state index in [4.69, 9.17) is 9.47 Å². The predicted molar refractivity (Wildman–Crippen MR) is 115 cm³/mol. The van der Waals surface area contributed by atoms with Gasteiger partial charge in [-0.2, -0.15) is 0 Å². The quantitative estimate of drug-likeness (QED) is 0.474. The van der Waals surface area contributed by atoms with E-state index < -0.39 is 0 Å². The molecule has 0 aliphatic rings. The molecule has 0 aliphatic heterocycles. The van der Waals surface area contributed by atoms with E-state index in [2.05, 4.69) is 21.2 Å². The van der Waals surface area contributed by atoms with E-state index in [0.29, 0.717) is 24.5 Å². The molecule has 1 amide bonds. The first-order chi connectivity index (χ1) is 13.5. The molecule has 3 aromatic rings. The summed E-state index contributed by atoms with van der Waals surface area (Å²) < 4.78 is 12.1. The van der Waals surface area contributed by atoms with Gasteiger partial charge in [-0.3, -0.25) is 4.79 Å². The van der Waals surface area contributed by atoms with Crippen molar-refractivity contribution in [2.45, 2.75) is 13.8 Å². The molecular formula is C23H22BrNO3. The first-order valence-electron chi connectivity index (χ1n) is 9.02. The van der Waals surface area contributed by atoms with E-state index in [0.717, 1.165) is 27.0 Å². The molecule has 3 rings (SSSR count). The van der Waals surface area contributed by atoms with Crippen molar-refractivity contribution in [2.75, 3.05) is 18.5 Å². The average Bonchev–Trinajstić information content (AvgIpc) is 2.69. The van der Waals surface area contributed by atoms with Crippen molar-refractivity contribution in [2.24, 2.45) is 0 Å². The molecule has 0 bridgehead atoms. The maximum Gasteiger partial charge on any atom is 0.255 e. The monoisotopic (exact) mass is 439 g/mol. The lowest BCUT2D eigenvalue weighted by Gasteiger charge is -2.12. The minimum atomic E-state index is -0.161. The van der Waals surface area contributed by atoms with Gasteiger partial charge in [-0.15, -0.1) is 0 Å². The summed E-state index contributed by atoms with van der Waals surface area (Å²) in [6, 6.07) is 20.8. The van der Waals surface area contributed by atoms with Crippen LogP contribution in [0.3, 0.4) is 0 Å². The highest BCUT2D eigenvalue weighted by Crippen LogP contribution is 2.27. The molecule has 0 saturated heterocycles. The van der Waals surface area contributed by atoms with Crippen molar-refractivity contribution in [3.05, 3.63) is 87.9 Å². The molecular weight excluding hydrogens is 418 g/mol. The number of hydrogen-bond donors (Lipinski definition) is 1. The number of amides is 1. The van der Waals surface area contributed by atoms with Crippen LogP contribution in [0.15, 0.2) is 71.2 Å². The normalized spacial score (nSPS) is 10.4. The fourth-order valence-corrected chi connectivity index (χ4v) is 3.23. The Labute approximate surface area is 173 Å². The Hall–Kier alpha value is -2.79. The van der Waals surface area contributed by atoms with Gasteiger partial charge in [0, 0.05) is 11.3 Å². The van der Waals surface area contributed by atoms with Crippen molar-refractivity contribution < 1.29 is 14.3 Å². The zero-order valence-corrected chi connectivity index (χ0v) is 17.5. The second-order valence-corrected chi connectivity index (χ2v) is 7.28. The second-order valence-electron chi connectivity index (χ2n) is 6.43. The SMILES string of the molecule is Cc1ccc(NC(=O)c2ccc(OCCOc3ccccc3)c(Br)c2)c(C)c1. The number of para-hydroxylation sites is 1. The maximum atomic E-state index is 12.5. The summed E-state index contributed by atoms with van der Waals surface area (Å²) in [4.78, 5) is 12.5. The second kappa shape index (κ2) is 9.42. The number of carbonyl (C=O) groups is 1. The van der Waals surface area contributed by atoms with Crippen molar-refractivity contribution in [3.63, 3.8) is 0 Å². The lowest BCUT2D eigenvalue weighted by Crippen LogP contribution is -2.13. The molecule has 0 fully saturated rings. The van der Waals surface area contributed by atoms with Gasteiger partial charge in [0.1, 0.15) is 24.7 Å². The largest absolute Gasteiger partial charge is 0.490 e. The summed E-state index contributed by atoms with van der Waals surface area (Å²) in [7, 11) is 0. The predicted octanol–water partition coefficient (Wildman–Crippen LogP) is 5.78. The molecule has 0 spiro atoms. The van der Waals surface area contributed by atoms with Gasteiger partial charge in [0.25, 0.3) is 5.91 Å². The molecule has 0 heterocycles. The van der Waals surface area contributed by atoms with Crippen molar-refractivity contribution >= 4 is 27.5 Å². The number of carbonyl (C=O) groups excluding carboxylic acids is 1. The van der Waals surface area contributed by atoms with Crippen LogP contribution in [-0.2, 0) is 0 Å². The Morgan fingerprint density at radius 3 is 2.39 bits per heavy atom. The van der Waals surface area contributed by atoms with Crippen LogP contribution < -0.4 is 14.8 Å². The molecule has 0 aromatic heterocycles. The minimum Gasteiger partial charge on any atom is -0.490 e. The zero-order chi connectivity index (χ0) is 19.9. The number of aryl methyl sites for hydroxylation is 2. The number of anilines is 1. The van der Waals surface area contributed by atoms with E-state index in [9.17, 15) is 4.79 Å². The summed E-state index contributed by atoms with van der Waals surface area (Å²) in [6.07, 6.45) is 0. The van der Waals surface area contributed by atoms with E-state index in [1.165, 1.54) is 0 Å². The highest BCUT2D eigenvalue weighted by Gasteiger charge is 2.11. The molecule has 0 atom stereocenters. The van der Waals surface area contributed by atoms with Gasteiger partial charge in [-0.05, 0) is 71.7 Å². The highest BCUT2D eigenvalue weighted by molar-refractivity contribution is 9.10. The van der Waals surface area contributed by atoms with Crippen LogP contribution in [0.4, 0.5) is 5.69 Å². The van der Waals surface area contributed by atoms with Crippen LogP contribution in [0.25, 0.3) is 0 Å². The molecule has 0 saturated carbocycles. The summed E-state index contributed by atoms with van der Waals surface area (Å²) in [5.41, 5.74) is 3.56. The maximum absolute atomic E-state index is 12.5. The van der Waals surface area contributed by atoms with Crippen LogP contribution in [0, 0.1) is 13.8 Å². The van der Waals surface area contributed by atoms with Gasteiger partial charge in [0.05, 0.1) is 4.47 Å². The molecule has 28 heavy (non-hydrogen) atoms. The lowest BCUT2D eigenvalue weighted by atomic mass is 10.1. The topological polar surface area (TPSA) is 47.6 Å². The highest BCUT2D eigenvalue weighted by atomic mass is 79.9. The molecule has 0 radical (unpaired) electrons. The fraction of sp³-hybridized carbons (Fsp3) is 0.174. The molecule has 3 aromatic carbocycles. The molecule has 4 nitrogen and oxygen atoms in total. The van der Waals surface area contributed by atoms with Crippen molar-refractivity contribution in [1.29, 1.82) is 0 Å². The minimum absolute atomic E-state index is 0.161. The van der Waals surface area contributed by atoms with E-state index in [1.54, 1.807) is 18.2 Å². The molecule has 0 aliphatic carbocycles. The van der Waals surface area contributed by atoms with Crippen LogP contribution in [-0.4, -0.2) is 19.1 Å². The zero-order valence-electron chi connectivity index (χ0n) is 15.9. The summed E-state index contributed by atoms with van der Waals surface area (Å²) in [5.74, 6) is 1.31. The first-order valence-corrected chi connectivity index (χ1v) is 9.81. The molecule has 1 N–H and O–H groups in total. The standard InChI is InChI=1S/C23H22BrNO3/c1-16-8-10-21(17(2)14-16)25-23(26)18-9-11-22(20(24)15-18)28-13-12-27-19-6-4-3-5-7-19/h3-11,14-15H,12-13H2,1-2H3,(H,25,26). The van der Waals surface area contributed by atoms with Crippen LogP contribution in [0.5, 0.6) is 11.5 Å².